The molecule has 13 nitrogen and oxygen atoms in total. The maximum Gasteiger partial charge on any atom is 0.446 e. The summed E-state index contributed by atoms with van der Waals surface area (Å²) in [7, 11) is -4.99. The van der Waals surface area contributed by atoms with Gasteiger partial charge in [0.25, 0.3) is 0 Å². The minimum atomic E-state index is -4.99. The molecule has 0 spiro atoms. The van der Waals surface area contributed by atoms with Crippen LogP contribution in [0, 0.1) is 11.8 Å². The topological polar surface area (TPSA) is 221 Å². The Morgan fingerprint density at radius 1 is 0.895 bits per heavy atom. The van der Waals surface area contributed by atoms with Gasteiger partial charge >= 0.3 is 16.4 Å². The lowest BCUT2D eigenvalue weighted by molar-refractivity contribution is -0.271. The van der Waals surface area contributed by atoms with Crippen LogP contribution in [-0.2, 0) is 32.8 Å². The van der Waals surface area contributed by atoms with Crippen LogP contribution in [0.5, 0.6) is 23.0 Å². The standard InChI is InChI=1S/C24H30O13S/c1-11(7-13-3-5-15(25)16(26)9-13)12(2)8-14-4-6-17(37-38(32,33)34)18(10-14)35-24-21(29)19(27)20(28)22(36-24)23(30)31/h3-6,9-12,19-22,24-29H,7-8H2,1-2H3,(H,30,31)(H,32,33,34)/t11-,12+,19-,20-,21+,22-,24+/m0/s1. The first-order chi connectivity index (χ1) is 17.7. The van der Waals surface area contributed by atoms with Crippen LogP contribution in [0.25, 0.3) is 0 Å². The van der Waals surface area contributed by atoms with Gasteiger partial charge in [0.05, 0.1) is 0 Å². The summed E-state index contributed by atoms with van der Waals surface area (Å²) in [6.07, 6.45) is -8.62. The number of rotatable bonds is 10. The number of phenolic OH excluding ortho intramolecular Hbond substituents is 2. The molecule has 0 amide bonds. The van der Waals surface area contributed by atoms with Crippen molar-refractivity contribution in [1.29, 1.82) is 0 Å². The average molecular weight is 559 g/mol. The van der Waals surface area contributed by atoms with E-state index in [2.05, 4.69) is 4.18 Å². The van der Waals surface area contributed by atoms with Gasteiger partial charge in [-0.25, -0.2) is 4.79 Å². The summed E-state index contributed by atoms with van der Waals surface area (Å²) in [6.45, 7) is 3.93. The predicted molar refractivity (Wildman–Crippen MR) is 129 cm³/mol. The van der Waals surface area contributed by atoms with Crippen molar-refractivity contribution in [3.05, 3.63) is 47.5 Å². The van der Waals surface area contributed by atoms with Gasteiger partial charge in [-0.05, 0) is 60.1 Å². The lowest BCUT2D eigenvalue weighted by atomic mass is 9.85. The van der Waals surface area contributed by atoms with Crippen molar-refractivity contribution in [2.75, 3.05) is 0 Å². The molecule has 3 rings (SSSR count). The minimum Gasteiger partial charge on any atom is -0.504 e. The molecule has 14 heteroatoms. The summed E-state index contributed by atoms with van der Waals surface area (Å²) in [5, 5.41) is 58.6. The van der Waals surface area contributed by atoms with Gasteiger partial charge in [0.2, 0.25) is 6.29 Å². The van der Waals surface area contributed by atoms with Crippen LogP contribution in [0.4, 0.5) is 0 Å². The van der Waals surface area contributed by atoms with Crippen LogP contribution in [0.3, 0.4) is 0 Å². The fourth-order valence-corrected chi connectivity index (χ4v) is 4.43. The van der Waals surface area contributed by atoms with E-state index >= 15 is 0 Å². The number of aliphatic hydroxyl groups excluding tert-OH is 3. The second-order valence-corrected chi connectivity index (χ2v) is 10.4. The van der Waals surface area contributed by atoms with Gasteiger partial charge in [-0.15, -0.1) is 0 Å². The molecule has 210 valence electrons. The van der Waals surface area contributed by atoms with E-state index in [0.29, 0.717) is 18.4 Å². The van der Waals surface area contributed by atoms with Crippen LogP contribution < -0.4 is 8.92 Å². The van der Waals surface area contributed by atoms with Gasteiger partial charge < -0.3 is 44.3 Å². The molecule has 2 aromatic rings. The van der Waals surface area contributed by atoms with E-state index in [-0.39, 0.29) is 29.1 Å². The largest absolute Gasteiger partial charge is 0.504 e. The van der Waals surface area contributed by atoms with Gasteiger partial charge in [-0.3, -0.25) is 4.55 Å². The number of hydrogen-bond acceptors (Lipinski definition) is 11. The molecule has 1 aliphatic heterocycles. The minimum absolute atomic E-state index is 0.0250. The summed E-state index contributed by atoms with van der Waals surface area (Å²) in [4.78, 5) is 11.4. The third kappa shape index (κ3) is 7.24. The third-order valence-electron chi connectivity index (χ3n) is 6.39. The summed E-state index contributed by atoms with van der Waals surface area (Å²) in [5.41, 5.74) is 1.41. The normalized spacial score (nSPS) is 25.4. The fourth-order valence-electron chi connectivity index (χ4n) is 4.07. The second-order valence-electron chi connectivity index (χ2n) is 9.33. The van der Waals surface area contributed by atoms with Crippen molar-refractivity contribution < 1.29 is 62.1 Å². The van der Waals surface area contributed by atoms with E-state index < -0.39 is 52.8 Å². The van der Waals surface area contributed by atoms with Crippen molar-refractivity contribution in [1.82, 2.24) is 0 Å². The molecule has 0 aromatic heterocycles. The van der Waals surface area contributed by atoms with E-state index in [4.69, 9.17) is 14.0 Å². The van der Waals surface area contributed by atoms with Crippen LogP contribution >= 0.6 is 0 Å². The predicted octanol–water partition coefficient (Wildman–Crippen LogP) is 0.608. The van der Waals surface area contributed by atoms with Gasteiger partial charge in [0.1, 0.15) is 18.3 Å². The van der Waals surface area contributed by atoms with Crippen molar-refractivity contribution in [2.45, 2.75) is 57.4 Å². The Hall–Kier alpha value is -3.14. The molecule has 7 N–H and O–H groups in total. The van der Waals surface area contributed by atoms with Crippen molar-refractivity contribution >= 4 is 16.4 Å². The molecule has 2 aromatic carbocycles. The number of carbonyl (C=O) groups is 1. The first-order valence-electron chi connectivity index (χ1n) is 11.6. The Balaban J connectivity index is 1.82. The van der Waals surface area contributed by atoms with Gasteiger partial charge in [-0.1, -0.05) is 26.0 Å². The van der Waals surface area contributed by atoms with E-state index in [0.717, 1.165) is 5.56 Å². The Morgan fingerprint density at radius 2 is 1.47 bits per heavy atom. The van der Waals surface area contributed by atoms with E-state index in [1.165, 1.54) is 30.3 Å². The zero-order valence-electron chi connectivity index (χ0n) is 20.4. The molecule has 0 aliphatic carbocycles. The number of aromatic hydroxyl groups is 2. The molecule has 38 heavy (non-hydrogen) atoms. The molecular formula is C24H30O13S. The number of benzene rings is 2. The van der Waals surface area contributed by atoms with Crippen molar-refractivity contribution in [3.63, 3.8) is 0 Å². The number of phenols is 2. The highest BCUT2D eigenvalue weighted by Crippen LogP contribution is 2.35. The van der Waals surface area contributed by atoms with Crippen molar-refractivity contribution in [2.24, 2.45) is 11.8 Å². The number of carboxylic acid groups (broad SMARTS) is 1. The molecular weight excluding hydrogens is 528 g/mol. The quantitative estimate of drug-likeness (QED) is 0.157. The van der Waals surface area contributed by atoms with Crippen LogP contribution in [0.15, 0.2) is 36.4 Å². The molecule has 0 saturated carbocycles. The maximum atomic E-state index is 11.4. The van der Waals surface area contributed by atoms with E-state index in [9.17, 15) is 43.9 Å². The lowest BCUT2D eigenvalue weighted by Gasteiger charge is -2.38. The Bertz CT molecular complexity index is 1250. The number of aliphatic carboxylic acids is 1. The SMILES string of the molecule is C[C@H](Cc1ccc(OS(=O)(=O)O)c(O[C@@H]2O[C@H](C(=O)O)[C@@H](O)[C@H](O)[C@H]2O)c1)[C@@H](C)Cc1ccc(O)c(O)c1. The molecule has 1 heterocycles. The molecule has 1 saturated heterocycles. The number of hydrogen-bond donors (Lipinski definition) is 7. The Kier molecular flexibility index (Phi) is 9.07. The third-order valence-corrected chi connectivity index (χ3v) is 6.78. The Morgan fingerprint density at radius 3 is 2.03 bits per heavy atom. The molecule has 0 bridgehead atoms. The van der Waals surface area contributed by atoms with Gasteiger partial charge in [0, 0.05) is 0 Å². The van der Waals surface area contributed by atoms with E-state index in [1.807, 2.05) is 13.8 Å². The molecule has 0 unspecified atom stereocenters. The number of ether oxygens (including phenoxy) is 2. The zero-order chi connectivity index (χ0) is 28.4. The van der Waals surface area contributed by atoms with Crippen molar-refractivity contribution in [3.8, 4) is 23.0 Å². The Labute approximate surface area is 218 Å². The van der Waals surface area contributed by atoms with E-state index in [1.54, 1.807) is 6.07 Å². The molecule has 1 aliphatic rings. The highest BCUT2D eigenvalue weighted by molar-refractivity contribution is 7.81. The first kappa shape index (κ1) is 29.4. The summed E-state index contributed by atoms with van der Waals surface area (Å²) in [6, 6.07) is 8.60. The fraction of sp³-hybridized carbons (Fsp3) is 0.458. The van der Waals surface area contributed by atoms with Crippen LogP contribution in [-0.4, -0.2) is 80.3 Å². The first-order valence-corrected chi connectivity index (χ1v) is 12.9. The highest BCUT2D eigenvalue weighted by Gasteiger charge is 2.48. The summed E-state index contributed by atoms with van der Waals surface area (Å²) in [5.74, 6) is -2.83. The van der Waals surface area contributed by atoms with Gasteiger partial charge in [-0.2, -0.15) is 8.42 Å². The molecule has 7 atom stereocenters. The molecule has 1 fully saturated rings. The van der Waals surface area contributed by atoms with Gasteiger partial charge in [0.15, 0.2) is 29.1 Å². The average Bonchev–Trinajstić information content (AvgIpc) is 2.82. The molecule has 0 radical (unpaired) electrons. The smallest absolute Gasteiger partial charge is 0.446 e. The monoisotopic (exact) mass is 558 g/mol. The second kappa shape index (κ2) is 11.7. The number of carboxylic acids is 1. The zero-order valence-corrected chi connectivity index (χ0v) is 21.2. The summed E-state index contributed by atoms with van der Waals surface area (Å²) >= 11 is 0. The lowest BCUT2D eigenvalue weighted by Crippen LogP contribution is -2.61. The van der Waals surface area contributed by atoms with Crippen LogP contribution in [0.2, 0.25) is 0 Å². The summed E-state index contributed by atoms with van der Waals surface area (Å²) < 4.78 is 46.9. The maximum absolute atomic E-state index is 11.4. The number of aliphatic hydroxyl groups is 3. The highest BCUT2D eigenvalue weighted by atomic mass is 32.3. The van der Waals surface area contributed by atoms with Crippen LogP contribution in [0.1, 0.15) is 25.0 Å².